The van der Waals surface area contributed by atoms with Crippen molar-refractivity contribution in [2.45, 2.75) is 25.3 Å². The number of nitrogens with zero attached hydrogens (tertiary/aromatic N) is 1. The first-order chi connectivity index (χ1) is 7.84. The van der Waals surface area contributed by atoms with E-state index in [1.54, 1.807) is 12.3 Å². The van der Waals surface area contributed by atoms with Gasteiger partial charge in [0, 0.05) is 17.8 Å². The van der Waals surface area contributed by atoms with E-state index in [4.69, 9.17) is 0 Å². The van der Waals surface area contributed by atoms with Crippen LogP contribution in [-0.2, 0) is 0 Å². The maximum absolute atomic E-state index is 13.2. The van der Waals surface area contributed by atoms with Crippen LogP contribution < -0.4 is 5.32 Å². The normalized spacial score (nSPS) is 28.7. The summed E-state index contributed by atoms with van der Waals surface area (Å²) >= 11 is 0. The molecule has 84 valence electrons. The Balaban J connectivity index is 1.96. The van der Waals surface area contributed by atoms with E-state index in [9.17, 15) is 4.39 Å². The van der Waals surface area contributed by atoms with Crippen LogP contribution in [0.5, 0.6) is 0 Å². The summed E-state index contributed by atoms with van der Waals surface area (Å²) in [4.78, 5) is 3.93. The van der Waals surface area contributed by atoms with Gasteiger partial charge in [-0.3, -0.25) is 4.98 Å². The highest BCUT2D eigenvalue weighted by Gasteiger charge is 2.32. The van der Waals surface area contributed by atoms with Crippen molar-refractivity contribution in [3.05, 3.63) is 35.9 Å². The Hall–Kier alpha value is -1.22. The van der Waals surface area contributed by atoms with Gasteiger partial charge in [-0.2, -0.15) is 0 Å². The first-order valence-corrected chi connectivity index (χ1v) is 5.89. The molecule has 1 aliphatic carbocycles. The molecule has 2 atom stereocenters. The maximum atomic E-state index is 13.2. The third kappa shape index (κ3) is 1.65. The number of fused-ring (bicyclic) bond motifs is 1. The minimum atomic E-state index is -0.251. The van der Waals surface area contributed by atoms with E-state index in [2.05, 4.69) is 16.4 Å². The van der Waals surface area contributed by atoms with Gasteiger partial charge in [0.2, 0.25) is 0 Å². The van der Waals surface area contributed by atoms with Crippen molar-refractivity contribution in [1.82, 2.24) is 10.3 Å². The van der Waals surface area contributed by atoms with Gasteiger partial charge in [-0.1, -0.05) is 6.08 Å². The highest BCUT2D eigenvalue weighted by Crippen LogP contribution is 2.35. The summed E-state index contributed by atoms with van der Waals surface area (Å²) in [5.41, 5.74) is 2.17. The summed E-state index contributed by atoms with van der Waals surface area (Å²) in [5, 5.41) is 3.51. The zero-order valence-electron chi connectivity index (χ0n) is 9.12. The van der Waals surface area contributed by atoms with Gasteiger partial charge >= 0.3 is 0 Å². The molecule has 2 heterocycles. The molecule has 0 bridgehead atoms. The van der Waals surface area contributed by atoms with Crippen molar-refractivity contribution >= 4 is 5.57 Å². The third-order valence-electron chi connectivity index (χ3n) is 3.63. The van der Waals surface area contributed by atoms with Gasteiger partial charge in [0.1, 0.15) is 5.82 Å². The summed E-state index contributed by atoms with van der Waals surface area (Å²) < 4.78 is 13.2. The maximum Gasteiger partial charge on any atom is 0.142 e. The fraction of sp³-hybridized carbons (Fsp3) is 0.462. The predicted molar refractivity (Wildman–Crippen MR) is 61.3 cm³/mol. The fourth-order valence-electron chi connectivity index (χ4n) is 2.88. The van der Waals surface area contributed by atoms with Gasteiger partial charge in [0.05, 0.1) is 6.20 Å². The molecular formula is C13H15FN2. The SMILES string of the molecule is Fc1cncc(C2=CCCC3CCNC23)c1. The average Bonchev–Trinajstić information content (AvgIpc) is 2.76. The van der Waals surface area contributed by atoms with Crippen LogP contribution in [0, 0.1) is 11.7 Å². The molecule has 1 aromatic heterocycles. The standard InChI is InChI=1S/C13H15FN2/c14-11-6-10(7-15-8-11)12-3-1-2-9-4-5-16-13(9)12/h3,6-9,13,16H,1-2,4-5H2. The molecule has 2 unspecified atom stereocenters. The summed E-state index contributed by atoms with van der Waals surface area (Å²) in [6.07, 6.45) is 8.85. The minimum Gasteiger partial charge on any atom is -0.310 e. The fourth-order valence-corrected chi connectivity index (χ4v) is 2.88. The predicted octanol–water partition coefficient (Wildman–Crippen LogP) is 2.38. The lowest BCUT2D eigenvalue weighted by Crippen LogP contribution is -2.30. The van der Waals surface area contributed by atoms with Gasteiger partial charge in [-0.05, 0) is 43.4 Å². The molecule has 1 fully saturated rings. The van der Waals surface area contributed by atoms with E-state index in [-0.39, 0.29) is 5.82 Å². The molecule has 1 saturated heterocycles. The number of allylic oxidation sites excluding steroid dienone is 1. The third-order valence-corrected chi connectivity index (χ3v) is 3.63. The number of hydrogen-bond donors (Lipinski definition) is 1. The number of nitrogens with one attached hydrogen (secondary N) is 1. The van der Waals surface area contributed by atoms with Crippen LogP contribution in [0.4, 0.5) is 4.39 Å². The zero-order chi connectivity index (χ0) is 11.0. The molecule has 16 heavy (non-hydrogen) atoms. The molecule has 0 amide bonds. The van der Waals surface area contributed by atoms with Gasteiger partial charge < -0.3 is 5.32 Å². The molecule has 1 N–H and O–H groups in total. The zero-order valence-corrected chi connectivity index (χ0v) is 9.12. The molecule has 0 saturated carbocycles. The first-order valence-electron chi connectivity index (χ1n) is 5.89. The monoisotopic (exact) mass is 218 g/mol. The Morgan fingerprint density at radius 1 is 1.31 bits per heavy atom. The molecular weight excluding hydrogens is 203 g/mol. The second-order valence-electron chi connectivity index (χ2n) is 4.61. The van der Waals surface area contributed by atoms with E-state index in [0.717, 1.165) is 24.4 Å². The Bertz CT molecular complexity index is 428. The number of pyridine rings is 1. The lowest BCUT2D eigenvalue weighted by molar-refractivity contribution is 0.470. The molecule has 0 radical (unpaired) electrons. The summed E-state index contributed by atoms with van der Waals surface area (Å²) in [6.45, 7) is 1.08. The summed E-state index contributed by atoms with van der Waals surface area (Å²) in [7, 11) is 0. The molecule has 2 nitrogen and oxygen atoms in total. The molecule has 1 aromatic rings. The van der Waals surface area contributed by atoms with Crippen molar-refractivity contribution in [3.63, 3.8) is 0 Å². The van der Waals surface area contributed by atoms with E-state index < -0.39 is 0 Å². The van der Waals surface area contributed by atoms with Crippen molar-refractivity contribution in [2.24, 2.45) is 5.92 Å². The average molecular weight is 218 g/mol. The molecule has 2 aliphatic rings. The van der Waals surface area contributed by atoms with Crippen molar-refractivity contribution in [3.8, 4) is 0 Å². The smallest absolute Gasteiger partial charge is 0.142 e. The summed E-state index contributed by atoms with van der Waals surface area (Å²) in [6, 6.07) is 2.00. The van der Waals surface area contributed by atoms with Gasteiger partial charge in [0.25, 0.3) is 0 Å². The number of halogens is 1. The lowest BCUT2D eigenvalue weighted by Gasteiger charge is -2.26. The number of aromatic nitrogens is 1. The number of hydrogen-bond acceptors (Lipinski definition) is 2. The molecule has 0 spiro atoms. The highest BCUT2D eigenvalue weighted by molar-refractivity contribution is 5.70. The highest BCUT2D eigenvalue weighted by atomic mass is 19.1. The van der Waals surface area contributed by atoms with Crippen LogP contribution in [0.25, 0.3) is 5.57 Å². The molecule has 3 rings (SSSR count). The molecule has 0 aromatic carbocycles. The minimum absolute atomic E-state index is 0.251. The van der Waals surface area contributed by atoms with Gasteiger partial charge in [-0.25, -0.2) is 4.39 Å². The Labute approximate surface area is 94.6 Å². The van der Waals surface area contributed by atoms with Crippen LogP contribution in [0.1, 0.15) is 24.8 Å². The van der Waals surface area contributed by atoms with Gasteiger partial charge in [-0.15, -0.1) is 0 Å². The van der Waals surface area contributed by atoms with Crippen molar-refractivity contribution in [2.75, 3.05) is 6.54 Å². The quantitative estimate of drug-likeness (QED) is 0.782. The topological polar surface area (TPSA) is 24.9 Å². The Kier molecular flexibility index (Phi) is 2.48. The Morgan fingerprint density at radius 3 is 3.12 bits per heavy atom. The molecule has 1 aliphatic heterocycles. The first kappa shape index (κ1) is 9.97. The Morgan fingerprint density at radius 2 is 2.25 bits per heavy atom. The second kappa shape index (κ2) is 3.98. The van der Waals surface area contributed by atoms with Gasteiger partial charge in [0.15, 0.2) is 0 Å². The molecule has 3 heteroatoms. The van der Waals surface area contributed by atoms with E-state index >= 15 is 0 Å². The number of rotatable bonds is 1. The van der Waals surface area contributed by atoms with Crippen LogP contribution >= 0.6 is 0 Å². The van der Waals surface area contributed by atoms with Crippen LogP contribution in [0.15, 0.2) is 24.5 Å². The summed E-state index contributed by atoms with van der Waals surface area (Å²) in [5.74, 6) is 0.474. The lowest BCUT2D eigenvalue weighted by atomic mass is 9.82. The van der Waals surface area contributed by atoms with Crippen LogP contribution in [0.2, 0.25) is 0 Å². The van der Waals surface area contributed by atoms with E-state index in [1.807, 2.05) is 0 Å². The largest absolute Gasteiger partial charge is 0.310 e. The van der Waals surface area contributed by atoms with E-state index in [0.29, 0.717) is 6.04 Å². The van der Waals surface area contributed by atoms with Crippen LogP contribution in [-0.4, -0.2) is 17.6 Å². The van der Waals surface area contributed by atoms with Crippen molar-refractivity contribution < 1.29 is 4.39 Å². The van der Waals surface area contributed by atoms with E-state index in [1.165, 1.54) is 24.6 Å². The second-order valence-corrected chi connectivity index (χ2v) is 4.61. The van der Waals surface area contributed by atoms with Crippen LogP contribution in [0.3, 0.4) is 0 Å². The van der Waals surface area contributed by atoms with Crippen molar-refractivity contribution in [1.29, 1.82) is 0 Å².